The number of halogens is 2. The summed E-state index contributed by atoms with van der Waals surface area (Å²) in [6.07, 6.45) is 2.76. The molecule has 3 nitrogen and oxygen atoms in total. The van der Waals surface area contributed by atoms with Crippen molar-refractivity contribution in [2.24, 2.45) is 11.7 Å². The van der Waals surface area contributed by atoms with Gasteiger partial charge < -0.3 is 10.8 Å². The van der Waals surface area contributed by atoms with Crippen molar-refractivity contribution in [1.82, 2.24) is 0 Å². The third-order valence-corrected chi connectivity index (χ3v) is 3.30. The summed E-state index contributed by atoms with van der Waals surface area (Å²) in [7, 11) is 0. The largest absolute Gasteiger partial charge is 0.481 e. The molecule has 20 heavy (non-hydrogen) atoms. The fourth-order valence-electron chi connectivity index (χ4n) is 2.31. The van der Waals surface area contributed by atoms with E-state index in [1.807, 2.05) is 6.92 Å². The van der Waals surface area contributed by atoms with Crippen LogP contribution < -0.4 is 5.73 Å². The van der Waals surface area contributed by atoms with Crippen molar-refractivity contribution in [1.29, 1.82) is 0 Å². The van der Waals surface area contributed by atoms with Crippen LogP contribution in [0.2, 0.25) is 0 Å². The van der Waals surface area contributed by atoms with E-state index in [9.17, 15) is 13.6 Å². The first-order valence-electron chi connectivity index (χ1n) is 6.79. The van der Waals surface area contributed by atoms with Gasteiger partial charge in [-0.15, -0.1) is 0 Å². The van der Waals surface area contributed by atoms with Gasteiger partial charge in [0.15, 0.2) is 0 Å². The molecular formula is C15H21F2NO2. The highest BCUT2D eigenvalue weighted by molar-refractivity contribution is 5.67. The van der Waals surface area contributed by atoms with Crippen LogP contribution in [-0.4, -0.2) is 17.1 Å². The maximum Gasteiger partial charge on any atom is 0.304 e. The van der Waals surface area contributed by atoms with Crippen molar-refractivity contribution in [2.45, 2.75) is 45.1 Å². The van der Waals surface area contributed by atoms with E-state index in [2.05, 4.69) is 0 Å². The number of hydrogen-bond donors (Lipinski definition) is 2. The van der Waals surface area contributed by atoms with Gasteiger partial charge in [0.2, 0.25) is 0 Å². The monoisotopic (exact) mass is 285 g/mol. The number of aliphatic carboxylic acids is 1. The highest BCUT2D eigenvalue weighted by Crippen LogP contribution is 2.17. The molecule has 0 aliphatic rings. The molecular weight excluding hydrogens is 264 g/mol. The van der Waals surface area contributed by atoms with Gasteiger partial charge in [0.25, 0.3) is 0 Å². The van der Waals surface area contributed by atoms with Gasteiger partial charge in [0.1, 0.15) is 11.6 Å². The minimum atomic E-state index is -0.891. The number of carbonyl (C=O) groups is 1. The zero-order chi connectivity index (χ0) is 15.1. The molecule has 1 rings (SSSR count). The maximum absolute atomic E-state index is 13.4. The Labute approximate surface area is 117 Å². The second kappa shape index (κ2) is 7.94. The standard InChI is InChI=1S/C15H21F2NO2/c1-10(7-13(18)9-15(19)20)3-2-4-11-5-6-12(16)8-14(11)17/h5-6,8,10,13H,2-4,7,9,18H2,1H3,(H,19,20). The molecule has 0 saturated carbocycles. The molecule has 0 saturated heterocycles. The first-order valence-corrected chi connectivity index (χ1v) is 6.79. The van der Waals surface area contributed by atoms with E-state index in [0.717, 1.165) is 18.9 Å². The van der Waals surface area contributed by atoms with E-state index in [4.69, 9.17) is 10.8 Å². The number of aryl methyl sites for hydroxylation is 1. The lowest BCUT2D eigenvalue weighted by molar-refractivity contribution is -0.137. The molecule has 1 aromatic carbocycles. The molecule has 0 aliphatic heterocycles. The molecule has 2 atom stereocenters. The summed E-state index contributed by atoms with van der Waals surface area (Å²) in [4.78, 5) is 10.5. The molecule has 0 bridgehead atoms. The lowest BCUT2D eigenvalue weighted by Gasteiger charge is -2.15. The normalized spacial score (nSPS) is 14.0. The lowest BCUT2D eigenvalue weighted by Crippen LogP contribution is -2.26. The van der Waals surface area contributed by atoms with Gasteiger partial charge >= 0.3 is 5.97 Å². The fraction of sp³-hybridized carbons (Fsp3) is 0.533. The second-order valence-corrected chi connectivity index (χ2v) is 5.33. The van der Waals surface area contributed by atoms with Crippen molar-refractivity contribution in [3.05, 3.63) is 35.4 Å². The quantitative estimate of drug-likeness (QED) is 0.771. The Bertz CT molecular complexity index is 451. The third kappa shape index (κ3) is 6.10. The summed E-state index contributed by atoms with van der Waals surface area (Å²) in [6, 6.07) is 3.27. The van der Waals surface area contributed by atoms with E-state index in [-0.39, 0.29) is 18.4 Å². The van der Waals surface area contributed by atoms with Gasteiger partial charge in [-0.1, -0.05) is 19.4 Å². The summed E-state index contributed by atoms with van der Waals surface area (Å²) in [5.74, 6) is -1.69. The van der Waals surface area contributed by atoms with Crippen LogP contribution in [0, 0.1) is 17.6 Å². The van der Waals surface area contributed by atoms with E-state index in [1.54, 1.807) is 0 Å². The van der Waals surface area contributed by atoms with Crippen molar-refractivity contribution in [3.8, 4) is 0 Å². The Morgan fingerprint density at radius 2 is 2.10 bits per heavy atom. The Kier molecular flexibility index (Phi) is 6.58. The molecule has 112 valence electrons. The summed E-state index contributed by atoms with van der Waals surface area (Å²) >= 11 is 0. The van der Waals surface area contributed by atoms with E-state index in [1.165, 1.54) is 12.1 Å². The Morgan fingerprint density at radius 3 is 2.70 bits per heavy atom. The van der Waals surface area contributed by atoms with Crippen LogP contribution in [0.3, 0.4) is 0 Å². The summed E-state index contributed by atoms with van der Waals surface area (Å²) in [5.41, 5.74) is 6.22. The third-order valence-electron chi connectivity index (χ3n) is 3.30. The molecule has 0 fully saturated rings. The predicted molar refractivity (Wildman–Crippen MR) is 73.3 cm³/mol. The molecule has 0 amide bonds. The zero-order valence-electron chi connectivity index (χ0n) is 11.6. The van der Waals surface area contributed by atoms with Crippen LogP contribution >= 0.6 is 0 Å². The molecule has 0 aromatic heterocycles. The van der Waals surface area contributed by atoms with Crippen molar-refractivity contribution >= 4 is 5.97 Å². The van der Waals surface area contributed by atoms with Crippen molar-refractivity contribution in [2.75, 3.05) is 0 Å². The van der Waals surface area contributed by atoms with Crippen LogP contribution in [0.1, 0.15) is 38.2 Å². The van der Waals surface area contributed by atoms with Gasteiger partial charge in [-0.25, -0.2) is 8.78 Å². The first kappa shape index (κ1) is 16.6. The number of nitrogens with two attached hydrogens (primary N) is 1. The van der Waals surface area contributed by atoms with Gasteiger partial charge in [-0.2, -0.15) is 0 Å². The molecule has 1 aromatic rings. The van der Waals surface area contributed by atoms with E-state index < -0.39 is 17.6 Å². The molecule has 0 radical (unpaired) electrons. The Morgan fingerprint density at radius 1 is 1.40 bits per heavy atom. The number of carboxylic acid groups (broad SMARTS) is 1. The number of hydrogen-bond acceptors (Lipinski definition) is 2. The van der Waals surface area contributed by atoms with Crippen molar-refractivity contribution < 1.29 is 18.7 Å². The van der Waals surface area contributed by atoms with Gasteiger partial charge in [0.05, 0.1) is 6.42 Å². The summed E-state index contributed by atoms with van der Waals surface area (Å²) in [5, 5.41) is 8.62. The molecule has 2 unspecified atom stereocenters. The smallest absolute Gasteiger partial charge is 0.304 e. The Balaban J connectivity index is 2.31. The molecule has 0 aliphatic carbocycles. The average molecular weight is 285 g/mol. The van der Waals surface area contributed by atoms with Crippen LogP contribution in [0.25, 0.3) is 0 Å². The van der Waals surface area contributed by atoms with E-state index >= 15 is 0 Å². The second-order valence-electron chi connectivity index (χ2n) is 5.33. The molecule has 5 heteroatoms. The molecule has 0 spiro atoms. The van der Waals surface area contributed by atoms with Crippen molar-refractivity contribution in [3.63, 3.8) is 0 Å². The predicted octanol–water partition coefficient (Wildman–Crippen LogP) is 3.12. The van der Waals surface area contributed by atoms with Gasteiger partial charge in [-0.05, 0) is 36.8 Å². The Hall–Kier alpha value is -1.49. The summed E-state index contributed by atoms with van der Waals surface area (Å²) < 4.78 is 26.1. The van der Waals surface area contributed by atoms with Crippen LogP contribution in [0.5, 0.6) is 0 Å². The van der Waals surface area contributed by atoms with E-state index in [0.29, 0.717) is 18.4 Å². The topological polar surface area (TPSA) is 63.3 Å². The number of rotatable bonds is 8. The molecule has 0 heterocycles. The van der Waals surface area contributed by atoms with Crippen LogP contribution in [-0.2, 0) is 11.2 Å². The number of benzene rings is 1. The summed E-state index contributed by atoms with van der Waals surface area (Å²) in [6.45, 7) is 2.00. The number of carboxylic acids is 1. The minimum Gasteiger partial charge on any atom is -0.481 e. The highest BCUT2D eigenvalue weighted by Gasteiger charge is 2.13. The first-order chi connectivity index (χ1) is 9.38. The van der Waals surface area contributed by atoms with Crippen LogP contribution in [0.4, 0.5) is 8.78 Å². The maximum atomic E-state index is 13.4. The fourth-order valence-corrected chi connectivity index (χ4v) is 2.31. The zero-order valence-corrected chi connectivity index (χ0v) is 11.6. The minimum absolute atomic E-state index is 0.0308. The highest BCUT2D eigenvalue weighted by atomic mass is 19.1. The van der Waals surface area contributed by atoms with Crippen LogP contribution in [0.15, 0.2) is 18.2 Å². The van der Waals surface area contributed by atoms with Gasteiger partial charge in [-0.3, -0.25) is 4.79 Å². The molecule has 3 N–H and O–H groups in total. The SMILES string of the molecule is CC(CCCc1ccc(F)cc1F)CC(N)CC(=O)O. The lowest BCUT2D eigenvalue weighted by atomic mass is 9.94. The average Bonchev–Trinajstić information content (AvgIpc) is 2.30. The van der Waals surface area contributed by atoms with Gasteiger partial charge in [0, 0.05) is 12.1 Å².